The van der Waals surface area contributed by atoms with Crippen molar-refractivity contribution in [1.82, 2.24) is 10.2 Å². The van der Waals surface area contributed by atoms with E-state index in [9.17, 15) is 22.8 Å². The summed E-state index contributed by atoms with van der Waals surface area (Å²) < 4.78 is 42.0. The van der Waals surface area contributed by atoms with Crippen molar-refractivity contribution in [1.29, 1.82) is 0 Å². The molecule has 21 heavy (non-hydrogen) atoms. The molecule has 0 aromatic carbocycles. The smallest absolute Gasteiger partial charge is 0.406 e. The summed E-state index contributed by atoms with van der Waals surface area (Å²) in [7, 11) is 1.55. The number of carboxylic acids is 1. The molecule has 0 atom stereocenters. The van der Waals surface area contributed by atoms with Gasteiger partial charge in [0, 0.05) is 20.3 Å². The van der Waals surface area contributed by atoms with E-state index in [0.717, 1.165) is 12.8 Å². The van der Waals surface area contributed by atoms with Gasteiger partial charge in [0.05, 0.1) is 0 Å². The predicted molar refractivity (Wildman–Crippen MR) is 66.8 cm³/mol. The van der Waals surface area contributed by atoms with Crippen molar-refractivity contribution in [2.75, 3.05) is 33.4 Å². The van der Waals surface area contributed by atoms with Crippen LogP contribution in [0.5, 0.6) is 0 Å². The Morgan fingerprint density at radius 1 is 1.38 bits per heavy atom. The summed E-state index contributed by atoms with van der Waals surface area (Å²) in [5.74, 6) is -1.49. The van der Waals surface area contributed by atoms with E-state index in [0.29, 0.717) is 13.0 Å². The van der Waals surface area contributed by atoms with E-state index < -0.39 is 31.3 Å². The minimum absolute atomic E-state index is 0.126. The maximum atomic E-state index is 12.3. The van der Waals surface area contributed by atoms with Crippen LogP contribution in [0.2, 0.25) is 0 Å². The maximum absolute atomic E-state index is 12.3. The molecule has 6 nitrogen and oxygen atoms in total. The Kier molecular flexibility index (Phi) is 5.82. The number of hydrogen-bond acceptors (Lipinski definition) is 3. The second-order valence-electron chi connectivity index (χ2n) is 5.27. The number of ether oxygens (including phenoxy) is 1. The molecule has 1 fully saturated rings. The van der Waals surface area contributed by atoms with Crippen LogP contribution in [0.15, 0.2) is 0 Å². The third-order valence-corrected chi connectivity index (χ3v) is 3.39. The number of carbonyl (C=O) groups is 2. The van der Waals surface area contributed by atoms with E-state index in [2.05, 4.69) is 5.32 Å². The molecule has 1 aliphatic rings. The minimum Gasteiger partial charge on any atom is -0.480 e. The predicted octanol–water partition coefficient (Wildman–Crippen LogP) is 1.46. The number of carbonyl (C=O) groups excluding carboxylic acids is 1. The first-order chi connectivity index (χ1) is 9.67. The summed E-state index contributed by atoms with van der Waals surface area (Å²) in [4.78, 5) is 22.5. The molecule has 0 heterocycles. The lowest BCUT2D eigenvalue weighted by molar-refractivity contribution is -0.148. The zero-order chi connectivity index (χ0) is 16.1. The van der Waals surface area contributed by atoms with Crippen LogP contribution in [0.25, 0.3) is 0 Å². The summed E-state index contributed by atoms with van der Waals surface area (Å²) in [5.41, 5.74) is -0.126. The van der Waals surface area contributed by atoms with Crippen molar-refractivity contribution in [2.45, 2.75) is 25.4 Å². The zero-order valence-corrected chi connectivity index (χ0v) is 11.7. The summed E-state index contributed by atoms with van der Waals surface area (Å²) in [6.45, 7) is -1.84. The van der Waals surface area contributed by atoms with Gasteiger partial charge in [0.1, 0.15) is 13.1 Å². The molecule has 0 saturated heterocycles. The molecule has 1 saturated carbocycles. The zero-order valence-electron chi connectivity index (χ0n) is 11.7. The maximum Gasteiger partial charge on any atom is 0.406 e. The number of rotatable bonds is 8. The summed E-state index contributed by atoms with van der Waals surface area (Å²) in [6.07, 6.45) is -2.19. The van der Waals surface area contributed by atoms with Crippen LogP contribution in [-0.4, -0.2) is 61.5 Å². The first-order valence-electron chi connectivity index (χ1n) is 6.48. The van der Waals surface area contributed by atoms with Gasteiger partial charge in [-0.25, -0.2) is 4.79 Å². The van der Waals surface area contributed by atoms with Crippen LogP contribution in [0, 0.1) is 5.41 Å². The monoisotopic (exact) mass is 312 g/mol. The molecule has 0 radical (unpaired) electrons. The highest BCUT2D eigenvalue weighted by Gasteiger charge is 2.43. The average molecular weight is 312 g/mol. The van der Waals surface area contributed by atoms with E-state index >= 15 is 0 Å². The number of nitrogens with one attached hydrogen (secondary N) is 1. The van der Waals surface area contributed by atoms with Crippen molar-refractivity contribution in [3.05, 3.63) is 0 Å². The molecule has 9 heteroatoms. The average Bonchev–Trinajstić information content (AvgIpc) is 3.11. The van der Waals surface area contributed by atoms with Gasteiger partial charge < -0.3 is 20.1 Å². The number of hydrogen-bond donors (Lipinski definition) is 2. The lowest BCUT2D eigenvalue weighted by Gasteiger charge is -2.24. The topological polar surface area (TPSA) is 78.9 Å². The van der Waals surface area contributed by atoms with Gasteiger partial charge in [-0.2, -0.15) is 13.2 Å². The third-order valence-electron chi connectivity index (χ3n) is 3.39. The molecule has 0 spiro atoms. The van der Waals surface area contributed by atoms with Crippen LogP contribution >= 0.6 is 0 Å². The number of carboxylic acid groups (broad SMARTS) is 1. The molecule has 0 bridgehead atoms. The fourth-order valence-corrected chi connectivity index (χ4v) is 1.96. The van der Waals surface area contributed by atoms with Gasteiger partial charge in [0.2, 0.25) is 0 Å². The summed E-state index contributed by atoms with van der Waals surface area (Å²) in [6, 6.07) is -1.02. The molecule has 0 aromatic rings. The van der Waals surface area contributed by atoms with Crippen LogP contribution in [0.4, 0.5) is 18.0 Å². The Hall–Kier alpha value is -1.51. The Morgan fingerprint density at radius 2 is 2.00 bits per heavy atom. The van der Waals surface area contributed by atoms with E-state index in [1.54, 1.807) is 7.11 Å². The van der Waals surface area contributed by atoms with Gasteiger partial charge in [0.15, 0.2) is 0 Å². The van der Waals surface area contributed by atoms with Gasteiger partial charge in [-0.1, -0.05) is 0 Å². The number of halogens is 3. The second kappa shape index (κ2) is 6.97. The standard InChI is InChI=1S/C12H19F3N2O4/c1-21-5-4-11(2-3-11)7-16-10(20)17(6-9(18)19)8-12(13,14)15/h2-8H2,1H3,(H,16,20)(H,18,19). The van der Waals surface area contributed by atoms with Gasteiger partial charge in [-0.05, 0) is 24.7 Å². The largest absolute Gasteiger partial charge is 0.480 e. The van der Waals surface area contributed by atoms with Crippen molar-refractivity contribution in [2.24, 2.45) is 5.41 Å². The molecule has 0 aliphatic heterocycles. The van der Waals surface area contributed by atoms with Crippen LogP contribution in [0.3, 0.4) is 0 Å². The van der Waals surface area contributed by atoms with E-state index in [4.69, 9.17) is 9.84 Å². The van der Waals surface area contributed by atoms with Crippen LogP contribution in [-0.2, 0) is 9.53 Å². The Balaban J connectivity index is 2.50. The van der Waals surface area contributed by atoms with Gasteiger partial charge >= 0.3 is 18.2 Å². The number of alkyl halides is 3. The van der Waals surface area contributed by atoms with Crippen molar-refractivity contribution in [3.63, 3.8) is 0 Å². The highest BCUT2D eigenvalue weighted by molar-refractivity contribution is 5.80. The van der Waals surface area contributed by atoms with Crippen molar-refractivity contribution >= 4 is 12.0 Å². The lowest BCUT2D eigenvalue weighted by Crippen LogP contribution is -2.48. The van der Waals surface area contributed by atoms with Gasteiger partial charge in [-0.3, -0.25) is 4.79 Å². The number of nitrogens with zero attached hydrogens (tertiary/aromatic N) is 1. The molecule has 2 N–H and O–H groups in total. The fraction of sp³-hybridized carbons (Fsp3) is 0.833. The number of aliphatic carboxylic acids is 1. The molecule has 1 aliphatic carbocycles. The first-order valence-corrected chi connectivity index (χ1v) is 6.48. The Labute approximate surface area is 120 Å². The van der Waals surface area contributed by atoms with Gasteiger partial charge in [-0.15, -0.1) is 0 Å². The molecular formula is C12H19F3N2O4. The highest BCUT2D eigenvalue weighted by Crippen LogP contribution is 2.48. The normalized spacial score (nSPS) is 16.4. The number of methoxy groups -OCH3 is 1. The quantitative estimate of drug-likeness (QED) is 0.711. The fourth-order valence-electron chi connectivity index (χ4n) is 1.96. The number of urea groups is 1. The van der Waals surface area contributed by atoms with Gasteiger partial charge in [0.25, 0.3) is 0 Å². The van der Waals surface area contributed by atoms with E-state index in [-0.39, 0.29) is 16.9 Å². The lowest BCUT2D eigenvalue weighted by atomic mass is 10.0. The minimum atomic E-state index is -4.64. The molecule has 122 valence electrons. The summed E-state index contributed by atoms with van der Waals surface area (Å²) in [5, 5.41) is 11.0. The summed E-state index contributed by atoms with van der Waals surface area (Å²) >= 11 is 0. The first kappa shape index (κ1) is 17.5. The SMILES string of the molecule is COCCC1(CNC(=O)N(CC(=O)O)CC(F)(F)F)CC1. The molecular weight excluding hydrogens is 293 g/mol. The van der Waals surface area contributed by atoms with Crippen molar-refractivity contribution in [3.8, 4) is 0 Å². The molecule has 0 unspecified atom stereocenters. The highest BCUT2D eigenvalue weighted by atomic mass is 19.4. The Morgan fingerprint density at radius 3 is 2.43 bits per heavy atom. The second-order valence-corrected chi connectivity index (χ2v) is 5.27. The third kappa shape index (κ3) is 6.65. The van der Waals surface area contributed by atoms with Crippen LogP contribution < -0.4 is 5.32 Å². The van der Waals surface area contributed by atoms with E-state index in [1.807, 2.05) is 0 Å². The molecule has 2 amide bonds. The Bertz CT molecular complexity index is 383. The molecule has 1 rings (SSSR count). The van der Waals surface area contributed by atoms with E-state index in [1.165, 1.54) is 0 Å². The van der Waals surface area contributed by atoms with Crippen molar-refractivity contribution < 1.29 is 32.6 Å². The molecule has 0 aromatic heterocycles. The van der Waals surface area contributed by atoms with Crippen LogP contribution in [0.1, 0.15) is 19.3 Å². The number of amides is 2.